The van der Waals surface area contributed by atoms with Crippen molar-refractivity contribution in [2.24, 2.45) is 5.92 Å². The van der Waals surface area contributed by atoms with Crippen molar-refractivity contribution < 1.29 is 9.53 Å². The maximum atomic E-state index is 12.5. The normalized spacial score (nSPS) is 15.3. The van der Waals surface area contributed by atoms with E-state index in [0.717, 1.165) is 23.6 Å². The van der Waals surface area contributed by atoms with E-state index in [1.165, 1.54) is 32.1 Å². The van der Waals surface area contributed by atoms with E-state index in [2.05, 4.69) is 15.5 Å². The molecule has 0 spiro atoms. The van der Waals surface area contributed by atoms with Crippen LogP contribution in [0.25, 0.3) is 11.3 Å². The number of amides is 1. The highest BCUT2D eigenvalue weighted by Crippen LogP contribution is 2.26. The predicted molar refractivity (Wildman–Crippen MR) is 89.5 cm³/mol. The van der Waals surface area contributed by atoms with Gasteiger partial charge in [-0.1, -0.05) is 31.4 Å². The van der Waals surface area contributed by atoms with E-state index < -0.39 is 0 Å². The first-order valence-electron chi connectivity index (χ1n) is 8.24. The lowest BCUT2D eigenvalue weighted by molar-refractivity contribution is 0.0944. The fourth-order valence-corrected chi connectivity index (χ4v) is 3.18. The molecule has 1 aliphatic rings. The third-order valence-corrected chi connectivity index (χ3v) is 4.52. The quantitative estimate of drug-likeness (QED) is 0.889. The standard InChI is InChI=1S/C18H23N3O2/c1-23-15-9-5-8-14(10-15)17-16(12-20-21-17)18(22)19-11-13-6-3-2-4-7-13/h5,8-10,12-13H,2-4,6-7,11H2,1H3,(H,19,22)(H,20,21). The lowest BCUT2D eigenvalue weighted by Crippen LogP contribution is -2.30. The lowest BCUT2D eigenvalue weighted by Gasteiger charge is -2.21. The summed E-state index contributed by atoms with van der Waals surface area (Å²) in [5.41, 5.74) is 2.20. The second-order valence-electron chi connectivity index (χ2n) is 6.10. The lowest BCUT2D eigenvalue weighted by atomic mass is 9.89. The Labute approximate surface area is 136 Å². The molecule has 0 radical (unpaired) electrons. The van der Waals surface area contributed by atoms with E-state index in [1.54, 1.807) is 13.3 Å². The first-order chi connectivity index (χ1) is 11.3. The molecule has 0 unspecified atom stereocenters. The van der Waals surface area contributed by atoms with Crippen LogP contribution in [0.3, 0.4) is 0 Å². The van der Waals surface area contributed by atoms with Gasteiger partial charge in [0.15, 0.2) is 0 Å². The molecule has 1 heterocycles. The van der Waals surface area contributed by atoms with Gasteiger partial charge in [0, 0.05) is 12.1 Å². The number of hydrogen-bond acceptors (Lipinski definition) is 3. The second-order valence-corrected chi connectivity index (χ2v) is 6.10. The van der Waals surface area contributed by atoms with Crippen molar-refractivity contribution in [2.45, 2.75) is 32.1 Å². The summed E-state index contributed by atoms with van der Waals surface area (Å²) in [6.07, 6.45) is 7.91. The van der Waals surface area contributed by atoms with Crippen molar-refractivity contribution in [3.8, 4) is 17.0 Å². The minimum Gasteiger partial charge on any atom is -0.497 e. The van der Waals surface area contributed by atoms with Crippen molar-refractivity contribution in [3.63, 3.8) is 0 Å². The van der Waals surface area contributed by atoms with Crippen molar-refractivity contribution in [2.75, 3.05) is 13.7 Å². The van der Waals surface area contributed by atoms with Crippen molar-refractivity contribution >= 4 is 5.91 Å². The average molecular weight is 313 g/mol. The Hall–Kier alpha value is -2.30. The van der Waals surface area contributed by atoms with Gasteiger partial charge in [-0.05, 0) is 30.9 Å². The molecule has 0 bridgehead atoms. The number of rotatable bonds is 5. The van der Waals surface area contributed by atoms with Crippen LogP contribution in [-0.2, 0) is 0 Å². The number of hydrogen-bond donors (Lipinski definition) is 2. The third-order valence-electron chi connectivity index (χ3n) is 4.52. The van der Waals surface area contributed by atoms with E-state index in [-0.39, 0.29) is 5.91 Å². The minimum atomic E-state index is -0.0675. The van der Waals surface area contributed by atoms with Crippen LogP contribution in [0.1, 0.15) is 42.5 Å². The van der Waals surface area contributed by atoms with Crippen molar-refractivity contribution in [1.82, 2.24) is 15.5 Å². The van der Waals surface area contributed by atoms with E-state index in [0.29, 0.717) is 11.5 Å². The molecule has 0 aliphatic heterocycles. The van der Waals surface area contributed by atoms with E-state index in [9.17, 15) is 4.79 Å². The zero-order chi connectivity index (χ0) is 16.1. The molecule has 2 N–H and O–H groups in total. The number of methoxy groups -OCH3 is 1. The minimum absolute atomic E-state index is 0.0675. The predicted octanol–water partition coefficient (Wildman–Crippen LogP) is 3.40. The molecule has 1 aromatic heterocycles. The molecule has 1 aliphatic carbocycles. The van der Waals surface area contributed by atoms with Gasteiger partial charge in [-0.25, -0.2) is 0 Å². The largest absolute Gasteiger partial charge is 0.497 e. The fraction of sp³-hybridized carbons (Fsp3) is 0.444. The van der Waals surface area contributed by atoms with Crippen LogP contribution in [0, 0.1) is 5.92 Å². The summed E-state index contributed by atoms with van der Waals surface area (Å²) in [6.45, 7) is 0.752. The van der Waals surface area contributed by atoms with Gasteiger partial charge in [-0.15, -0.1) is 0 Å². The van der Waals surface area contributed by atoms with Gasteiger partial charge in [0.1, 0.15) is 5.75 Å². The summed E-state index contributed by atoms with van der Waals surface area (Å²) in [5.74, 6) is 1.30. The van der Waals surface area contributed by atoms with Gasteiger partial charge in [0.2, 0.25) is 0 Å². The summed E-state index contributed by atoms with van der Waals surface area (Å²) in [4.78, 5) is 12.5. The first-order valence-corrected chi connectivity index (χ1v) is 8.24. The number of H-pyrrole nitrogens is 1. The van der Waals surface area contributed by atoms with Gasteiger partial charge in [-0.3, -0.25) is 9.89 Å². The number of carbonyl (C=O) groups is 1. The Morgan fingerprint density at radius 1 is 1.35 bits per heavy atom. The Morgan fingerprint density at radius 2 is 2.17 bits per heavy atom. The Kier molecular flexibility index (Phi) is 4.95. The molecule has 1 saturated carbocycles. The number of aromatic amines is 1. The van der Waals surface area contributed by atoms with Crippen LogP contribution in [0.4, 0.5) is 0 Å². The van der Waals surface area contributed by atoms with Gasteiger partial charge in [0.25, 0.3) is 5.91 Å². The smallest absolute Gasteiger partial charge is 0.255 e. The topological polar surface area (TPSA) is 67.0 Å². The molecular formula is C18H23N3O2. The number of nitrogens with one attached hydrogen (secondary N) is 2. The number of aromatic nitrogens is 2. The first kappa shape index (κ1) is 15.6. The van der Waals surface area contributed by atoms with Gasteiger partial charge >= 0.3 is 0 Å². The fourth-order valence-electron chi connectivity index (χ4n) is 3.18. The molecule has 0 atom stereocenters. The molecule has 23 heavy (non-hydrogen) atoms. The van der Waals surface area contributed by atoms with E-state index >= 15 is 0 Å². The van der Waals surface area contributed by atoms with Crippen LogP contribution in [0.2, 0.25) is 0 Å². The van der Waals surface area contributed by atoms with E-state index in [4.69, 9.17) is 4.74 Å². The SMILES string of the molecule is COc1cccc(-c2[nH]ncc2C(=O)NCC2CCCCC2)c1. The number of ether oxygens (including phenoxy) is 1. The summed E-state index contributed by atoms with van der Waals surface area (Å²) < 4.78 is 5.25. The molecule has 1 amide bonds. The molecule has 1 fully saturated rings. The van der Waals surface area contributed by atoms with Crippen molar-refractivity contribution in [1.29, 1.82) is 0 Å². The van der Waals surface area contributed by atoms with Gasteiger partial charge < -0.3 is 10.1 Å². The Balaban J connectivity index is 1.70. The number of benzene rings is 1. The van der Waals surface area contributed by atoms with E-state index in [1.807, 2.05) is 24.3 Å². The molecule has 5 heteroatoms. The average Bonchev–Trinajstić information content (AvgIpc) is 3.10. The van der Waals surface area contributed by atoms with Gasteiger partial charge in [-0.2, -0.15) is 5.10 Å². The molecule has 1 aromatic carbocycles. The second kappa shape index (κ2) is 7.31. The highest BCUT2D eigenvalue weighted by molar-refractivity contribution is 5.99. The molecule has 3 rings (SSSR count). The van der Waals surface area contributed by atoms with Crippen molar-refractivity contribution in [3.05, 3.63) is 36.0 Å². The summed E-state index contributed by atoms with van der Waals surface area (Å²) >= 11 is 0. The monoisotopic (exact) mass is 313 g/mol. The van der Waals surface area contributed by atoms with Crippen LogP contribution in [0.15, 0.2) is 30.5 Å². The zero-order valence-electron chi connectivity index (χ0n) is 13.5. The van der Waals surface area contributed by atoms with Crippen LogP contribution >= 0.6 is 0 Å². The number of nitrogens with zero attached hydrogens (tertiary/aromatic N) is 1. The Bertz CT molecular complexity index is 660. The number of carbonyl (C=O) groups excluding carboxylic acids is 1. The van der Waals surface area contributed by atoms with Gasteiger partial charge in [0.05, 0.1) is 24.6 Å². The molecular weight excluding hydrogens is 290 g/mol. The summed E-state index contributed by atoms with van der Waals surface area (Å²) in [6, 6.07) is 7.61. The molecule has 0 saturated heterocycles. The molecule has 2 aromatic rings. The maximum Gasteiger partial charge on any atom is 0.255 e. The summed E-state index contributed by atoms with van der Waals surface area (Å²) in [5, 5.41) is 10.0. The Morgan fingerprint density at radius 3 is 2.96 bits per heavy atom. The maximum absolute atomic E-state index is 12.5. The zero-order valence-corrected chi connectivity index (χ0v) is 13.5. The van der Waals surface area contributed by atoms with Crippen LogP contribution in [-0.4, -0.2) is 29.8 Å². The highest BCUT2D eigenvalue weighted by atomic mass is 16.5. The third kappa shape index (κ3) is 3.73. The highest BCUT2D eigenvalue weighted by Gasteiger charge is 2.18. The molecule has 122 valence electrons. The van der Waals surface area contributed by atoms with Crippen LogP contribution < -0.4 is 10.1 Å². The molecule has 5 nitrogen and oxygen atoms in total. The van der Waals surface area contributed by atoms with Crippen LogP contribution in [0.5, 0.6) is 5.75 Å². The summed E-state index contributed by atoms with van der Waals surface area (Å²) in [7, 11) is 1.63.